The van der Waals surface area contributed by atoms with E-state index in [0.29, 0.717) is 71.9 Å². The van der Waals surface area contributed by atoms with Gasteiger partial charge in [0, 0.05) is 19.0 Å². The minimum atomic E-state index is -0.372. The Labute approximate surface area is 204 Å². The average molecular weight is 485 g/mol. The van der Waals surface area contributed by atoms with Gasteiger partial charge >= 0.3 is 6.09 Å². The second-order valence-corrected chi connectivity index (χ2v) is 8.68. The van der Waals surface area contributed by atoms with Crippen molar-refractivity contribution < 1.29 is 33.3 Å². The van der Waals surface area contributed by atoms with E-state index in [4.69, 9.17) is 23.7 Å². The zero-order valence-corrected chi connectivity index (χ0v) is 20.6. The molecule has 9 heteroatoms. The number of alkyl carbamates (subject to hydrolysis) is 1. The van der Waals surface area contributed by atoms with Crippen LogP contribution in [0.25, 0.3) is 0 Å². The van der Waals surface area contributed by atoms with Crippen molar-refractivity contribution in [2.45, 2.75) is 76.4 Å². The Morgan fingerprint density at radius 1 is 0.706 bits per heavy atom. The van der Waals surface area contributed by atoms with E-state index in [2.05, 4.69) is 22.8 Å². The average Bonchev–Trinajstić information content (AvgIpc) is 3.31. The second-order valence-electron chi connectivity index (χ2n) is 8.68. The SMILES string of the molecule is O=C(CCOCCOCCOCCOCCNC(=O)OC1CC/C=C/CCC1)NC1CCCC1. The Morgan fingerprint density at radius 3 is 2.03 bits per heavy atom. The molecule has 2 amide bonds. The number of nitrogens with one attached hydrogen (secondary N) is 2. The molecule has 0 radical (unpaired) electrons. The van der Waals surface area contributed by atoms with Crippen LogP contribution in [0, 0.1) is 0 Å². The van der Waals surface area contributed by atoms with Crippen molar-refractivity contribution in [2.24, 2.45) is 0 Å². The predicted molar refractivity (Wildman–Crippen MR) is 129 cm³/mol. The Balaban J connectivity index is 1.26. The Morgan fingerprint density at radius 2 is 1.32 bits per heavy atom. The van der Waals surface area contributed by atoms with Crippen molar-refractivity contribution in [3.63, 3.8) is 0 Å². The summed E-state index contributed by atoms with van der Waals surface area (Å²) >= 11 is 0. The molecule has 2 aliphatic carbocycles. The fourth-order valence-corrected chi connectivity index (χ4v) is 3.96. The number of amides is 2. The van der Waals surface area contributed by atoms with E-state index < -0.39 is 0 Å². The minimum Gasteiger partial charge on any atom is -0.446 e. The summed E-state index contributed by atoms with van der Waals surface area (Å²) in [6.45, 7) is 4.07. The highest BCUT2D eigenvalue weighted by Crippen LogP contribution is 2.17. The first-order valence-corrected chi connectivity index (χ1v) is 12.9. The van der Waals surface area contributed by atoms with Gasteiger partial charge in [0.25, 0.3) is 0 Å². The van der Waals surface area contributed by atoms with Gasteiger partial charge in [-0.15, -0.1) is 0 Å². The summed E-state index contributed by atoms with van der Waals surface area (Å²) in [5.74, 6) is 0.0715. The number of allylic oxidation sites excluding steroid dienone is 2. The van der Waals surface area contributed by atoms with Crippen molar-refractivity contribution in [1.82, 2.24) is 10.6 Å². The van der Waals surface area contributed by atoms with Gasteiger partial charge in [0.15, 0.2) is 0 Å². The van der Waals surface area contributed by atoms with Crippen LogP contribution in [0.2, 0.25) is 0 Å². The van der Waals surface area contributed by atoms with E-state index >= 15 is 0 Å². The molecule has 1 atom stereocenters. The normalized spacial score (nSPS) is 19.8. The fourth-order valence-electron chi connectivity index (χ4n) is 3.96. The fraction of sp³-hybridized carbons (Fsp3) is 0.840. The summed E-state index contributed by atoms with van der Waals surface area (Å²) in [6.07, 6.45) is 13.9. The lowest BCUT2D eigenvalue weighted by molar-refractivity contribution is -0.123. The van der Waals surface area contributed by atoms with Gasteiger partial charge < -0.3 is 34.3 Å². The Hall–Kier alpha value is -1.68. The molecule has 0 aromatic heterocycles. The number of carbonyl (C=O) groups is 2. The zero-order valence-electron chi connectivity index (χ0n) is 20.6. The van der Waals surface area contributed by atoms with Gasteiger partial charge in [0.05, 0.1) is 52.9 Å². The summed E-state index contributed by atoms with van der Waals surface area (Å²) in [5, 5.41) is 5.77. The van der Waals surface area contributed by atoms with Crippen LogP contribution in [0.5, 0.6) is 0 Å². The van der Waals surface area contributed by atoms with Gasteiger partial charge in [-0.05, 0) is 44.9 Å². The predicted octanol–water partition coefficient (Wildman–Crippen LogP) is 3.12. The number of rotatable bonds is 17. The molecule has 0 aliphatic heterocycles. The molecule has 1 saturated carbocycles. The van der Waals surface area contributed by atoms with Crippen LogP contribution in [-0.4, -0.2) is 83.5 Å². The summed E-state index contributed by atoms with van der Waals surface area (Å²) in [7, 11) is 0. The molecule has 34 heavy (non-hydrogen) atoms. The van der Waals surface area contributed by atoms with Crippen molar-refractivity contribution in [3.05, 3.63) is 12.2 Å². The highest BCUT2D eigenvalue weighted by atomic mass is 16.6. The van der Waals surface area contributed by atoms with Crippen molar-refractivity contribution in [3.8, 4) is 0 Å². The van der Waals surface area contributed by atoms with Crippen molar-refractivity contribution in [1.29, 1.82) is 0 Å². The number of hydrogen-bond acceptors (Lipinski definition) is 7. The molecule has 0 spiro atoms. The van der Waals surface area contributed by atoms with Gasteiger partial charge in [-0.1, -0.05) is 25.0 Å². The van der Waals surface area contributed by atoms with Gasteiger partial charge in [-0.3, -0.25) is 4.79 Å². The van der Waals surface area contributed by atoms with Crippen LogP contribution in [0.3, 0.4) is 0 Å². The molecule has 9 nitrogen and oxygen atoms in total. The molecule has 2 aliphatic rings. The summed E-state index contributed by atoms with van der Waals surface area (Å²) in [5.41, 5.74) is 0. The lowest BCUT2D eigenvalue weighted by Gasteiger charge is -2.18. The van der Waals surface area contributed by atoms with Gasteiger partial charge in [0.1, 0.15) is 6.10 Å². The first-order chi connectivity index (χ1) is 16.7. The van der Waals surface area contributed by atoms with Gasteiger partial charge in [-0.25, -0.2) is 4.79 Å². The molecule has 2 rings (SSSR count). The third-order valence-corrected chi connectivity index (χ3v) is 5.82. The molecule has 2 N–H and O–H groups in total. The highest BCUT2D eigenvalue weighted by Gasteiger charge is 2.16. The Kier molecular flexibility index (Phi) is 16.5. The first-order valence-electron chi connectivity index (χ1n) is 12.9. The van der Waals surface area contributed by atoms with E-state index in [9.17, 15) is 9.59 Å². The highest BCUT2D eigenvalue weighted by molar-refractivity contribution is 5.76. The largest absolute Gasteiger partial charge is 0.446 e. The van der Waals surface area contributed by atoms with E-state index in [1.165, 1.54) is 12.8 Å². The van der Waals surface area contributed by atoms with Gasteiger partial charge in [0.2, 0.25) is 5.91 Å². The lowest BCUT2D eigenvalue weighted by Crippen LogP contribution is -2.33. The standard InChI is InChI=1S/C25H44N2O7/c28-24(27-22-8-6-7-9-22)12-14-30-16-18-32-20-21-33-19-17-31-15-13-26-25(29)34-23-10-4-2-1-3-5-11-23/h1-2,22-23H,3-21H2,(H,26,29)(H,27,28)/b2-1+. The van der Waals surface area contributed by atoms with Crippen LogP contribution in [-0.2, 0) is 28.5 Å². The monoisotopic (exact) mass is 484 g/mol. The maximum Gasteiger partial charge on any atom is 0.407 e. The van der Waals surface area contributed by atoms with Crippen LogP contribution >= 0.6 is 0 Å². The lowest BCUT2D eigenvalue weighted by atomic mass is 10.0. The molecule has 196 valence electrons. The minimum absolute atomic E-state index is 0.000757. The molecule has 0 aromatic rings. The molecule has 0 saturated heterocycles. The van der Waals surface area contributed by atoms with Crippen LogP contribution in [0.15, 0.2) is 12.2 Å². The smallest absolute Gasteiger partial charge is 0.407 e. The third-order valence-electron chi connectivity index (χ3n) is 5.82. The van der Waals surface area contributed by atoms with Crippen molar-refractivity contribution >= 4 is 12.0 Å². The molecular formula is C25H44N2O7. The van der Waals surface area contributed by atoms with Crippen LogP contribution in [0.4, 0.5) is 4.79 Å². The van der Waals surface area contributed by atoms with Crippen LogP contribution < -0.4 is 10.6 Å². The van der Waals surface area contributed by atoms with E-state index in [1.807, 2.05) is 0 Å². The van der Waals surface area contributed by atoms with E-state index in [0.717, 1.165) is 44.9 Å². The second kappa shape index (κ2) is 19.6. The molecule has 1 fully saturated rings. The third kappa shape index (κ3) is 15.3. The number of ether oxygens (including phenoxy) is 5. The van der Waals surface area contributed by atoms with Crippen molar-refractivity contribution in [2.75, 3.05) is 59.4 Å². The molecule has 0 heterocycles. The maximum atomic E-state index is 11.8. The van der Waals surface area contributed by atoms with E-state index in [-0.39, 0.29) is 18.1 Å². The quantitative estimate of drug-likeness (QED) is 0.241. The zero-order chi connectivity index (χ0) is 24.1. The summed E-state index contributed by atoms with van der Waals surface area (Å²) in [4.78, 5) is 23.6. The van der Waals surface area contributed by atoms with E-state index in [1.54, 1.807) is 0 Å². The number of carbonyl (C=O) groups excluding carboxylic acids is 2. The molecule has 1 unspecified atom stereocenters. The topological polar surface area (TPSA) is 104 Å². The molecule has 0 aromatic carbocycles. The summed E-state index contributed by atoms with van der Waals surface area (Å²) in [6, 6.07) is 0.361. The van der Waals surface area contributed by atoms with Crippen LogP contribution in [0.1, 0.15) is 64.2 Å². The maximum absolute atomic E-state index is 11.8. The summed E-state index contributed by atoms with van der Waals surface area (Å²) < 4.78 is 27.2. The van der Waals surface area contributed by atoms with Gasteiger partial charge in [-0.2, -0.15) is 0 Å². The first kappa shape index (κ1) is 28.6. The molecule has 0 bridgehead atoms. The number of hydrogen-bond donors (Lipinski definition) is 2. The molecular weight excluding hydrogens is 440 g/mol. The Bertz CT molecular complexity index is 567.